The molecule has 2 aromatic rings. The molecule has 1 atom stereocenters. The molecule has 4 rings (SSSR count). The highest BCUT2D eigenvalue weighted by Gasteiger charge is 2.41. The Labute approximate surface area is 149 Å². The van der Waals surface area contributed by atoms with E-state index >= 15 is 0 Å². The molecule has 0 bridgehead atoms. The molecular formula is C21H26N2O2. The number of hydrogen-bond donors (Lipinski definition) is 1. The van der Waals surface area contributed by atoms with E-state index < -0.39 is 5.60 Å². The van der Waals surface area contributed by atoms with Crippen LogP contribution in [0.15, 0.2) is 54.9 Å². The molecule has 1 N–H and O–H groups in total. The van der Waals surface area contributed by atoms with E-state index in [9.17, 15) is 5.11 Å². The van der Waals surface area contributed by atoms with Crippen molar-refractivity contribution >= 4 is 0 Å². The lowest BCUT2D eigenvalue weighted by Crippen LogP contribution is -2.48. The second-order valence-electron chi connectivity index (χ2n) is 7.50. The van der Waals surface area contributed by atoms with Crippen LogP contribution < -0.4 is 0 Å². The number of aliphatic hydroxyl groups is 1. The van der Waals surface area contributed by atoms with Crippen molar-refractivity contribution < 1.29 is 9.84 Å². The molecule has 2 fully saturated rings. The van der Waals surface area contributed by atoms with Crippen molar-refractivity contribution in [2.45, 2.75) is 30.3 Å². The standard InChI is InChI=1S/C21H26N2O2/c24-21(19-7-4-11-22-15-19)8-12-23(13-9-21)16-20(10-14-25-17-20)18-5-2-1-3-6-18/h1-7,11,15,24H,8-10,12-14,16-17H2. The van der Waals surface area contributed by atoms with Gasteiger partial charge < -0.3 is 14.7 Å². The van der Waals surface area contributed by atoms with Crippen molar-refractivity contribution in [1.82, 2.24) is 9.88 Å². The van der Waals surface area contributed by atoms with Crippen LogP contribution in [-0.2, 0) is 15.8 Å². The molecule has 0 spiro atoms. The van der Waals surface area contributed by atoms with Crippen LogP contribution in [0.5, 0.6) is 0 Å². The summed E-state index contributed by atoms with van der Waals surface area (Å²) in [6, 6.07) is 14.6. The van der Waals surface area contributed by atoms with Crippen LogP contribution in [0, 0.1) is 0 Å². The van der Waals surface area contributed by atoms with Gasteiger partial charge in [-0.15, -0.1) is 0 Å². The SMILES string of the molecule is OC1(c2cccnc2)CCN(CC2(c3ccccc3)CCOC2)CC1. The minimum atomic E-state index is -0.739. The van der Waals surface area contributed by atoms with Gasteiger partial charge >= 0.3 is 0 Å². The summed E-state index contributed by atoms with van der Waals surface area (Å²) >= 11 is 0. The molecule has 0 amide bonds. The summed E-state index contributed by atoms with van der Waals surface area (Å²) in [4.78, 5) is 6.66. The highest BCUT2D eigenvalue weighted by atomic mass is 16.5. The van der Waals surface area contributed by atoms with Crippen LogP contribution in [0.4, 0.5) is 0 Å². The number of nitrogens with zero attached hydrogens (tertiary/aromatic N) is 2. The van der Waals surface area contributed by atoms with E-state index in [4.69, 9.17) is 4.74 Å². The van der Waals surface area contributed by atoms with E-state index in [-0.39, 0.29) is 5.41 Å². The Morgan fingerprint density at radius 2 is 1.76 bits per heavy atom. The number of pyridine rings is 1. The first-order valence-corrected chi connectivity index (χ1v) is 9.19. The largest absolute Gasteiger partial charge is 0.385 e. The Kier molecular flexibility index (Phi) is 4.59. The second kappa shape index (κ2) is 6.87. The molecule has 2 saturated heterocycles. The van der Waals surface area contributed by atoms with Crippen LogP contribution in [0.3, 0.4) is 0 Å². The van der Waals surface area contributed by atoms with Gasteiger partial charge in [0.25, 0.3) is 0 Å². The fourth-order valence-corrected chi connectivity index (χ4v) is 4.28. The lowest BCUT2D eigenvalue weighted by Gasteiger charge is -2.42. The van der Waals surface area contributed by atoms with E-state index in [0.717, 1.165) is 57.7 Å². The van der Waals surface area contributed by atoms with Gasteiger partial charge in [-0.05, 0) is 30.9 Å². The van der Waals surface area contributed by atoms with Gasteiger partial charge in [0.2, 0.25) is 0 Å². The molecule has 1 aromatic heterocycles. The summed E-state index contributed by atoms with van der Waals surface area (Å²) in [5, 5.41) is 11.0. The Morgan fingerprint density at radius 3 is 2.40 bits per heavy atom. The average Bonchev–Trinajstić information content (AvgIpc) is 3.15. The molecule has 0 radical (unpaired) electrons. The molecule has 4 nitrogen and oxygen atoms in total. The highest BCUT2D eigenvalue weighted by Crippen LogP contribution is 2.37. The number of piperidine rings is 1. The Morgan fingerprint density at radius 1 is 1.00 bits per heavy atom. The monoisotopic (exact) mass is 338 g/mol. The lowest BCUT2D eigenvalue weighted by atomic mass is 9.78. The second-order valence-corrected chi connectivity index (χ2v) is 7.50. The smallest absolute Gasteiger partial charge is 0.0935 e. The van der Waals surface area contributed by atoms with Crippen molar-refractivity contribution in [3.8, 4) is 0 Å². The van der Waals surface area contributed by atoms with E-state index in [0.29, 0.717) is 0 Å². The van der Waals surface area contributed by atoms with Crippen molar-refractivity contribution in [3.05, 3.63) is 66.0 Å². The van der Waals surface area contributed by atoms with Crippen molar-refractivity contribution in [3.63, 3.8) is 0 Å². The molecule has 2 aliphatic heterocycles. The van der Waals surface area contributed by atoms with Gasteiger partial charge in [-0.2, -0.15) is 0 Å². The first-order chi connectivity index (χ1) is 12.2. The zero-order valence-corrected chi connectivity index (χ0v) is 14.6. The maximum atomic E-state index is 11.0. The number of hydrogen-bond acceptors (Lipinski definition) is 4. The van der Waals surface area contributed by atoms with Crippen LogP contribution in [-0.4, -0.2) is 47.8 Å². The van der Waals surface area contributed by atoms with Crippen molar-refractivity contribution in [2.24, 2.45) is 0 Å². The first-order valence-electron chi connectivity index (χ1n) is 9.19. The Balaban J connectivity index is 1.46. The van der Waals surface area contributed by atoms with Gasteiger partial charge in [-0.25, -0.2) is 0 Å². The van der Waals surface area contributed by atoms with Gasteiger partial charge in [-0.3, -0.25) is 4.98 Å². The average molecular weight is 338 g/mol. The van der Waals surface area contributed by atoms with E-state index in [1.807, 2.05) is 12.1 Å². The number of ether oxygens (including phenoxy) is 1. The Hall–Kier alpha value is -1.75. The number of likely N-dealkylation sites (tertiary alicyclic amines) is 1. The van der Waals surface area contributed by atoms with E-state index in [1.165, 1.54) is 5.56 Å². The summed E-state index contributed by atoms with van der Waals surface area (Å²) in [7, 11) is 0. The summed E-state index contributed by atoms with van der Waals surface area (Å²) in [5.41, 5.74) is 1.67. The molecule has 2 aliphatic rings. The third-order valence-corrected chi connectivity index (χ3v) is 5.90. The summed E-state index contributed by atoms with van der Waals surface area (Å²) in [6.07, 6.45) is 6.13. The third kappa shape index (κ3) is 3.34. The minimum absolute atomic E-state index is 0.0883. The maximum Gasteiger partial charge on any atom is 0.0935 e. The van der Waals surface area contributed by atoms with Crippen LogP contribution in [0.1, 0.15) is 30.4 Å². The van der Waals surface area contributed by atoms with Crippen LogP contribution in [0.2, 0.25) is 0 Å². The fraction of sp³-hybridized carbons (Fsp3) is 0.476. The van der Waals surface area contributed by atoms with Gasteiger partial charge in [-0.1, -0.05) is 36.4 Å². The minimum Gasteiger partial charge on any atom is -0.385 e. The molecule has 1 aromatic carbocycles. The van der Waals surface area contributed by atoms with Gasteiger partial charge in [0.15, 0.2) is 0 Å². The molecule has 3 heterocycles. The van der Waals surface area contributed by atoms with Crippen LogP contribution >= 0.6 is 0 Å². The molecule has 132 valence electrons. The lowest BCUT2D eigenvalue weighted by molar-refractivity contribution is -0.0309. The quantitative estimate of drug-likeness (QED) is 0.931. The third-order valence-electron chi connectivity index (χ3n) is 5.90. The van der Waals surface area contributed by atoms with Gasteiger partial charge in [0.1, 0.15) is 0 Å². The van der Waals surface area contributed by atoms with Gasteiger partial charge in [0, 0.05) is 49.6 Å². The predicted octanol–water partition coefficient (Wildman–Crippen LogP) is 2.72. The number of aromatic nitrogens is 1. The number of benzene rings is 1. The molecule has 1 unspecified atom stereocenters. The zero-order chi connectivity index (χ0) is 17.2. The zero-order valence-electron chi connectivity index (χ0n) is 14.6. The predicted molar refractivity (Wildman–Crippen MR) is 97.4 cm³/mol. The fourth-order valence-electron chi connectivity index (χ4n) is 4.28. The topological polar surface area (TPSA) is 45.6 Å². The molecule has 0 aliphatic carbocycles. The molecule has 0 saturated carbocycles. The maximum absolute atomic E-state index is 11.0. The van der Waals surface area contributed by atoms with Gasteiger partial charge in [0.05, 0.1) is 12.2 Å². The Bertz CT molecular complexity index is 676. The normalized spacial score (nSPS) is 26.6. The molecule has 25 heavy (non-hydrogen) atoms. The van der Waals surface area contributed by atoms with Crippen molar-refractivity contribution in [1.29, 1.82) is 0 Å². The van der Waals surface area contributed by atoms with E-state index in [2.05, 4.69) is 40.2 Å². The summed E-state index contributed by atoms with van der Waals surface area (Å²) < 4.78 is 5.78. The first kappa shape index (κ1) is 16.7. The van der Waals surface area contributed by atoms with Crippen LogP contribution in [0.25, 0.3) is 0 Å². The summed E-state index contributed by atoms with van der Waals surface area (Å²) in [6.45, 7) is 4.43. The van der Waals surface area contributed by atoms with Crippen molar-refractivity contribution in [2.75, 3.05) is 32.8 Å². The molecule has 4 heteroatoms. The molecular weight excluding hydrogens is 312 g/mol. The highest BCUT2D eigenvalue weighted by molar-refractivity contribution is 5.27. The van der Waals surface area contributed by atoms with E-state index in [1.54, 1.807) is 12.4 Å². The number of rotatable bonds is 4. The summed E-state index contributed by atoms with van der Waals surface area (Å²) in [5.74, 6) is 0.